The Morgan fingerprint density at radius 1 is 0.949 bits per heavy atom. The molecule has 0 saturated carbocycles. The number of nitrogens with one attached hydrogen (secondary N) is 1. The van der Waals surface area contributed by atoms with E-state index in [-0.39, 0.29) is 23.0 Å². The van der Waals surface area contributed by atoms with Gasteiger partial charge in [-0.15, -0.1) is 0 Å². The fourth-order valence-corrected chi connectivity index (χ4v) is 6.31. The number of nitrogens with zero attached hydrogens (tertiary/aromatic N) is 3. The maximum absolute atomic E-state index is 13.7. The minimum Gasteiger partial charge on any atom is -0.367 e. The van der Waals surface area contributed by atoms with Crippen molar-refractivity contribution >= 4 is 17.3 Å². The summed E-state index contributed by atoms with van der Waals surface area (Å²) in [6, 6.07) is 29.6. The molecule has 1 N–H and O–H groups in total. The summed E-state index contributed by atoms with van der Waals surface area (Å²) >= 11 is 0. The first-order chi connectivity index (χ1) is 18.8. The molecule has 0 unspecified atom stereocenters. The molecule has 2 aliphatic rings. The van der Waals surface area contributed by atoms with E-state index in [0.717, 1.165) is 47.1 Å². The van der Waals surface area contributed by atoms with Crippen LogP contribution in [0.15, 0.2) is 96.7 Å². The molecule has 6 rings (SSSR count). The van der Waals surface area contributed by atoms with Gasteiger partial charge in [-0.2, -0.15) is 5.10 Å². The highest BCUT2D eigenvalue weighted by molar-refractivity contribution is 5.90. The molecule has 39 heavy (non-hydrogen) atoms. The van der Waals surface area contributed by atoms with Crippen LogP contribution in [0.1, 0.15) is 55.5 Å². The molecule has 0 fully saturated rings. The molecule has 1 aliphatic carbocycles. The summed E-state index contributed by atoms with van der Waals surface area (Å²) in [5.41, 5.74) is 7.50. The molecule has 4 aromatic rings. The standard InChI is InChI=1S/C34H36N4O/c1-5-37(22-24-12-8-6-9-13-24)26-18-16-25(17-19-26)31-30-23(2)36-38(27-14-10-7-11-15-27)33(30)35-28-20-34(3,4)21-29(39)32(28)31/h6-20,31-32,35H,5,21-22H2,1-4H3/t31-,32-/m0/s1. The first kappa shape index (κ1) is 25.2. The second-order valence-electron chi connectivity index (χ2n) is 11.5. The Morgan fingerprint density at radius 3 is 2.28 bits per heavy atom. The molecule has 5 nitrogen and oxygen atoms in total. The van der Waals surface area contributed by atoms with Crippen LogP contribution in [0.4, 0.5) is 11.5 Å². The van der Waals surface area contributed by atoms with Crippen molar-refractivity contribution in [2.24, 2.45) is 11.3 Å². The Morgan fingerprint density at radius 2 is 1.62 bits per heavy atom. The summed E-state index contributed by atoms with van der Waals surface area (Å²) in [6.07, 6.45) is 2.80. The quantitative estimate of drug-likeness (QED) is 0.293. The van der Waals surface area contributed by atoms with Crippen molar-refractivity contribution < 1.29 is 4.79 Å². The number of aromatic nitrogens is 2. The Kier molecular flexibility index (Phi) is 6.38. The zero-order valence-corrected chi connectivity index (χ0v) is 23.2. The third-order valence-electron chi connectivity index (χ3n) is 8.09. The summed E-state index contributed by atoms with van der Waals surface area (Å²) in [6.45, 7) is 10.3. The molecule has 1 aliphatic heterocycles. The number of fused-ring (bicyclic) bond motifs is 2. The highest BCUT2D eigenvalue weighted by Crippen LogP contribution is 2.50. The van der Waals surface area contributed by atoms with Gasteiger partial charge in [0.05, 0.1) is 17.3 Å². The summed E-state index contributed by atoms with van der Waals surface area (Å²) in [5, 5.41) is 8.64. The van der Waals surface area contributed by atoms with Gasteiger partial charge in [0.2, 0.25) is 0 Å². The lowest BCUT2D eigenvalue weighted by Gasteiger charge is -2.40. The molecular formula is C34H36N4O. The van der Waals surface area contributed by atoms with Gasteiger partial charge in [-0.05, 0) is 54.7 Å². The number of hydrogen-bond donors (Lipinski definition) is 1. The normalized spacial score (nSPS) is 19.5. The zero-order chi connectivity index (χ0) is 27.1. The predicted molar refractivity (Wildman–Crippen MR) is 158 cm³/mol. The predicted octanol–water partition coefficient (Wildman–Crippen LogP) is 7.26. The SMILES string of the molecule is CCN(Cc1ccccc1)c1ccc([C@H]2c3c(C)nn(-c4ccccc4)c3NC3=CC(C)(C)CC(=O)[C@H]32)cc1. The van der Waals surface area contributed by atoms with E-state index in [1.54, 1.807) is 0 Å². The van der Waals surface area contributed by atoms with Crippen LogP contribution < -0.4 is 10.2 Å². The molecule has 0 saturated heterocycles. The molecule has 0 bridgehead atoms. The summed E-state index contributed by atoms with van der Waals surface area (Å²) in [5.74, 6) is 0.915. The zero-order valence-electron chi connectivity index (χ0n) is 23.2. The summed E-state index contributed by atoms with van der Waals surface area (Å²) in [4.78, 5) is 16.1. The highest BCUT2D eigenvalue weighted by Gasteiger charge is 2.46. The van der Waals surface area contributed by atoms with Crippen molar-refractivity contribution in [2.45, 2.75) is 46.6 Å². The second kappa shape index (κ2) is 9.88. The van der Waals surface area contributed by atoms with E-state index in [2.05, 4.69) is 111 Å². The molecule has 198 valence electrons. The van der Waals surface area contributed by atoms with Gasteiger partial charge in [0, 0.05) is 42.4 Å². The largest absolute Gasteiger partial charge is 0.367 e. The lowest BCUT2D eigenvalue weighted by molar-refractivity contribution is -0.124. The van der Waals surface area contributed by atoms with Crippen molar-refractivity contribution in [2.75, 3.05) is 16.8 Å². The molecule has 3 aromatic carbocycles. The van der Waals surface area contributed by atoms with Crippen LogP contribution >= 0.6 is 0 Å². The Labute approximate surface area is 231 Å². The molecule has 0 spiro atoms. The number of allylic oxidation sites excluding steroid dienone is 2. The summed E-state index contributed by atoms with van der Waals surface area (Å²) < 4.78 is 1.99. The molecule has 5 heteroatoms. The number of ketones is 1. The lowest BCUT2D eigenvalue weighted by Crippen LogP contribution is -2.39. The van der Waals surface area contributed by atoms with Crippen LogP contribution in [0.25, 0.3) is 5.69 Å². The molecule has 0 radical (unpaired) electrons. The van der Waals surface area contributed by atoms with E-state index in [1.807, 2.05) is 22.9 Å². The smallest absolute Gasteiger partial charge is 0.143 e. The van der Waals surface area contributed by atoms with Gasteiger partial charge in [-0.25, -0.2) is 4.68 Å². The first-order valence-corrected chi connectivity index (χ1v) is 13.9. The van der Waals surface area contributed by atoms with E-state index < -0.39 is 0 Å². The summed E-state index contributed by atoms with van der Waals surface area (Å²) in [7, 11) is 0. The molecular weight excluding hydrogens is 480 g/mol. The third kappa shape index (κ3) is 4.67. The van der Waals surface area contributed by atoms with Crippen molar-refractivity contribution in [1.29, 1.82) is 0 Å². The van der Waals surface area contributed by atoms with Gasteiger partial charge in [0.15, 0.2) is 0 Å². The molecule has 1 aromatic heterocycles. The lowest BCUT2D eigenvalue weighted by atomic mass is 9.67. The minimum absolute atomic E-state index is 0.0909. The fourth-order valence-electron chi connectivity index (χ4n) is 6.31. The Hall–Kier alpha value is -4.12. The fraction of sp³-hybridized carbons (Fsp3) is 0.294. The van der Waals surface area contributed by atoms with Crippen LogP contribution in [-0.2, 0) is 11.3 Å². The van der Waals surface area contributed by atoms with Crippen LogP contribution in [0, 0.1) is 18.3 Å². The van der Waals surface area contributed by atoms with E-state index in [0.29, 0.717) is 6.42 Å². The number of carbonyl (C=O) groups is 1. The first-order valence-electron chi connectivity index (χ1n) is 13.9. The number of Topliss-reactive ketones (excluding diaryl/α,β-unsaturated/α-hetero) is 1. The number of benzene rings is 3. The minimum atomic E-state index is -0.241. The number of aryl methyl sites for hydroxylation is 1. The van der Waals surface area contributed by atoms with Crippen LogP contribution in [-0.4, -0.2) is 22.1 Å². The van der Waals surface area contributed by atoms with E-state index in [4.69, 9.17) is 5.10 Å². The van der Waals surface area contributed by atoms with Crippen LogP contribution in [0.2, 0.25) is 0 Å². The number of anilines is 2. The van der Waals surface area contributed by atoms with Crippen molar-refractivity contribution in [1.82, 2.24) is 9.78 Å². The highest BCUT2D eigenvalue weighted by atomic mass is 16.1. The third-order valence-corrected chi connectivity index (χ3v) is 8.09. The van der Waals surface area contributed by atoms with Crippen LogP contribution in [0.3, 0.4) is 0 Å². The van der Waals surface area contributed by atoms with Gasteiger partial charge < -0.3 is 10.2 Å². The molecule has 0 amide bonds. The van der Waals surface area contributed by atoms with Gasteiger partial charge in [-0.1, -0.05) is 80.6 Å². The second-order valence-corrected chi connectivity index (χ2v) is 11.5. The average molecular weight is 517 g/mol. The monoisotopic (exact) mass is 516 g/mol. The van der Waals surface area contributed by atoms with Gasteiger partial charge >= 0.3 is 0 Å². The number of para-hydroxylation sites is 1. The Balaban J connectivity index is 1.44. The van der Waals surface area contributed by atoms with E-state index >= 15 is 0 Å². The maximum atomic E-state index is 13.7. The molecule has 2 heterocycles. The van der Waals surface area contributed by atoms with E-state index in [9.17, 15) is 4.79 Å². The van der Waals surface area contributed by atoms with Gasteiger partial charge in [0.25, 0.3) is 0 Å². The van der Waals surface area contributed by atoms with Crippen molar-refractivity contribution in [3.63, 3.8) is 0 Å². The van der Waals surface area contributed by atoms with Gasteiger partial charge in [0.1, 0.15) is 11.6 Å². The Bertz CT molecular complexity index is 1520. The van der Waals surface area contributed by atoms with Gasteiger partial charge in [-0.3, -0.25) is 4.79 Å². The number of hydrogen-bond acceptors (Lipinski definition) is 4. The number of rotatable bonds is 6. The maximum Gasteiger partial charge on any atom is 0.143 e. The van der Waals surface area contributed by atoms with E-state index in [1.165, 1.54) is 11.3 Å². The van der Waals surface area contributed by atoms with Crippen molar-refractivity contribution in [3.05, 3.63) is 119 Å². The number of carbonyl (C=O) groups excluding carboxylic acids is 1. The average Bonchev–Trinajstić information content (AvgIpc) is 3.27. The topological polar surface area (TPSA) is 50.2 Å². The van der Waals surface area contributed by atoms with Crippen molar-refractivity contribution in [3.8, 4) is 5.69 Å². The van der Waals surface area contributed by atoms with Crippen LogP contribution in [0.5, 0.6) is 0 Å². The molecule has 2 atom stereocenters.